The Morgan fingerprint density at radius 3 is 2.15 bits per heavy atom. The van der Waals surface area contributed by atoms with E-state index >= 15 is 0 Å². The van der Waals surface area contributed by atoms with Crippen LogP contribution >= 0.6 is 0 Å². The van der Waals surface area contributed by atoms with Crippen molar-refractivity contribution in [3.8, 4) is 0 Å². The highest BCUT2D eigenvalue weighted by atomic mass is 16.6. The number of rotatable bonds is 7. The van der Waals surface area contributed by atoms with Crippen LogP contribution in [0.3, 0.4) is 0 Å². The van der Waals surface area contributed by atoms with Crippen LogP contribution in [0.4, 0.5) is 4.79 Å². The summed E-state index contributed by atoms with van der Waals surface area (Å²) in [5.41, 5.74) is -0.650. The second-order valence-corrected chi connectivity index (χ2v) is 7.44. The van der Waals surface area contributed by atoms with Gasteiger partial charge >= 0.3 is 6.09 Å². The highest BCUT2D eigenvalue weighted by molar-refractivity contribution is 5.67. The smallest absolute Gasteiger partial charge is 0.407 e. The van der Waals surface area contributed by atoms with Crippen LogP contribution in [0.15, 0.2) is 0 Å². The Balaban J connectivity index is 4.26. The first-order valence-corrected chi connectivity index (χ1v) is 7.28. The van der Waals surface area contributed by atoms with Crippen molar-refractivity contribution >= 4 is 6.09 Å². The van der Waals surface area contributed by atoms with Crippen LogP contribution in [0.2, 0.25) is 0 Å². The third kappa shape index (κ3) is 9.15. The summed E-state index contributed by atoms with van der Waals surface area (Å²) in [6.07, 6.45) is -0.397. The molecule has 0 fully saturated rings. The molecule has 1 atom stereocenters. The predicted molar refractivity (Wildman–Crippen MR) is 81.7 cm³/mol. The molecule has 20 heavy (non-hydrogen) atoms. The van der Waals surface area contributed by atoms with E-state index in [9.17, 15) is 9.90 Å². The summed E-state index contributed by atoms with van der Waals surface area (Å²) >= 11 is 0. The van der Waals surface area contributed by atoms with Gasteiger partial charge in [-0.2, -0.15) is 0 Å². The van der Waals surface area contributed by atoms with Crippen LogP contribution in [0.5, 0.6) is 0 Å². The average molecular weight is 288 g/mol. The van der Waals surface area contributed by atoms with Crippen molar-refractivity contribution in [2.24, 2.45) is 11.3 Å². The van der Waals surface area contributed by atoms with Crippen molar-refractivity contribution in [3.05, 3.63) is 0 Å². The van der Waals surface area contributed by atoms with Crippen molar-refractivity contribution < 1.29 is 14.6 Å². The van der Waals surface area contributed by atoms with Crippen molar-refractivity contribution in [2.75, 3.05) is 19.7 Å². The molecule has 3 N–H and O–H groups in total. The maximum absolute atomic E-state index is 11.6. The lowest BCUT2D eigenvalue weighted by atomic mass is 9.93. The van der Waals surface area contributed by atoms with Gasteiger partial charge in [-0.05, 0) is 26.7 Å². The summed E-state index contributed by atoms with van der Waals surface area (Å²) in [5, 5.41) is 15.4. The van der Waals surface area contributed by atoms with Crippen LogP contribution in [0.25, 0.3) is 0 Å². The number of alkyl carbamates (subject to hydrolysis) is 1. The minimum Gasteiger partial charge on any atom is -0.444 e. The van der Waals surface area contributed by atoms with Gasteiger partial charge in [-0.25, -0.2) is 4.79 Å². The first kappa shape index (κ1) is 19.2. The summed E-state index contributed by atoms with van der Waals surface area (Å²) in [4.78, 5) is 11.6. The van der Waals surface area contributed by atoms with E-state index in [2.05, 4.69) is 24.5 Å². The quantitative estimate of drug-likeness (QED) is 0.671. The van der Waals surface area contributed by atoms with Crippen molar-refractivity contribution in [2.45, 2.75) is 60.1 Å². The highest BCUT2D eigenvalue weighted by Gasteiger charge is 2.22. The number of amides is 1. The van der Waals surface area contributed by atoms with Gasteiger partial charge in [0, 0.05) is 31.2 Å². The maximum atomic E-state index is 11.6. The van der Waals surface area contributed by atoms with Crippen molar-refractivity contribution in [1.82, 2.24) is 10.6 Å². The van der Waals surface area contributed by atoms with Gasteiger partial charge in [-0.1, -0.05) is 27.7 Å². The lowest BCUT2D eigenvalue weighted by Gasteiger charge is -2.29. The van der Waals surface area contributed by atoms with Crippen molar-refractivity contribution in [3.63, 3.8) is 0 Å². The number of aliphatic hydroxyl groups is 1. The molecule has 0 saturated carbocycles. The maximum Gasteiger partial charge on any atom is 0.407 e. The predicted octanol–water partition coefficient (Wildman–Crippen LogP) is 2.14. The molecule has 0 radical (unpaired) electrons. The van der Waals surface area contributed by atoms with E-state index in [0.29, 0.717) is 19.0 Å². The Morgan fingerprint density at radius 2 is 1.75 bits per heavy atom. The highest BCUT2D eigenvalue weighted by Crippen LogP contribution is 2.13. The van der Waals surface area contributed by atoms with Gasteiger partial charge in [0.25, 0.3) is 0 Å². The third-order valence-corrected chi connectivity index (χ3v) is 2.94. The molecule has 0 saturated heterocycles. The van der Waals surface area contributed by atoms with Crippen LogP contribution in [-0.4, -0.2) is 42.5 Å². The number of hydrogen-bond donors (Lipinski definition) is 3. The summed E-state index contributed by atoms with van der Waals surface area (Å²) in [6, 6.07) is 0.147. The minimum atomic E-state index is -0.482. The first-order valence-electron chi connectivity index (χ1n) is 7.28. The number of hydrogen-bond acceptors (Lipinski definition) is 4. The van der Waals surface area contributed by atoms with E-state index < -0.39 is 11.7 Å². The fourth-order valence-electron chi connectivity index (χ4n) is 1.51. The zero-order chi connectivity index (χ0) is 16.0. The summed E-state index contributed by atoms with van der Waals surface area (Å²) in [5.74, 6) is 0.374. The van der Waals surface area contributed by atoms with Gasteiger partial charge in [0.15, 0.2) is 0 Å². The number of aliphatic hydroxyl groups excluding tert-OH is 1. The van der Waals surface area contributed by atoms with Crippen LogP contribution < -0.4 is 10.6 Å². The molecule has 0 rings (SSSR count). The second kappa shape index (κ2) is 7.84. The summed E-state index contributed by atoms with van der Waals surface area (Å²) in [7, 11) is 0. The van der Waals surface area contributed by atoms with Crippen LogP contribution in [0, 0.1) is 11.3 Å². The molecule has 120 valence electrons. The summed E-state index contributed by atoms with van der Waals surface area (Å²) in [6.45, 7) is 15.1. The molecule has 0 aliphatic carbocycles. The summed E-state index contributed by atoms with van der Waals surface area (Å²) < 4.78 is 5.22. The average Bonchev–Trinajstić information content (AvgIpc) is 2.25. The normalized spacial score (nSPS) is 14.2. The molecule has 1 amide bonds. The molecule has 0 aromatic carbocycles. The Bertz CT molecular complexity index is 296. The van der Waals surface area contributed by atoms with Gasteiger partial charge < -0.3 is 20.5 Å². The van der Waals surface area contributed by atoms with E-state index in [1.54, 1.807) is 0 Å². The zero-order valence-electron chi connectivity index (χ0n) is 14.0. The van der Waals surface area contributed by atoms with Crippen LogP contribution in [-0.2, 0) is 4.74 Å². The van der Waals surface area contributed by atoms with Gasteiger partial charge in [-0.15, -0.1) is 0 Å². The standard InChI is InChI=1S/C15H32N2O3/c1-11(2)12(17-9-15(6,7)10-18)8-16-13(19)20-14(3,4)5/h11-12,17-18H,8-10H2,1-7H3,(H,16,19). The van der Waals surface area contributed by atoms with E-state index in [4.69, 9.17) is 4.74 Å². The largest absolute Gasteiger partial charge is 0.444 e. The van der Waals surface area contributed by atoms with Crippen LogP contribution in [0.1, 0.15) is 48.5 Å². The number of ether oxygens (including phenoxy) is 1. The molecule has 5 nitrogen and oxygen atoms in total. The Kier molecular flexibility index (Phi) is 7.52. The molecule has 0 aromatic rings. The lowest BCUT2D eigenvalue weighted by molar-refractivity contribution is 0.0517. The van der Waals surface area contributed by atoms with E-state index in [-0.39, 0.29) is 18.1 Å². The van der Waals surface area contributed by atoms with Crippen molar-refractivity contribution in [1.29, 1.82) is 0 Å². The molecular weight excluding hydrogens is 256 g/mol. The molecule has 0 aromatic heterocycles. The molecule has 0 bridgehead atoms. The van der Waals surface area contributed by atoms with Gasteiger partial charge in [0.1, 0.15) is 5.60 Å². The van der Waals surface area contributed by atoms with Gasteiger partial charge in [-0.3, -0.25) is 0 Å². The molecular formula is C15H32N2O3. The van der Waals surface area contributed by atoms with Gasteiger partial charge in [0.2, 0.25) is 0 Å². The topological polar surface area (TPSA) is 70.6 Å². The molecule has 0 aliphatic heterocycles. The molecule has 1 unspecified atom stereocenters. The molecule has 0 spiro atoms. The first-order chi connectivity index (χ1) is 8.97. The fourth-order valence-corrected chi connectivity index (χ4v) is 1.51. The molecule has 5 heteroatoms. The SMILES string of the molecule is CC(C)C(CNC(=O)OC(C)(C)C)NCC(C)(C)CO. The van der Waals surface area contributed by atoms with Gasteiger partial charge in [0.05, 0.1) is 0 Å². The monoisotopic (exact) mass is 288 g/mol. The number of nitrogens with one attached hydrogen (secondary N) is 2. The fraction of sp³-hybridized carbons (Fsp3) is 0.933. The second-order valence-electron chi connectivity index (χ2n) is 7.44. The zero-order valence-corrected chi connectivity index (χ0v) is 14.0. The Labute approximate surface area is 123 Å². The van der Waals surface area contributed by atoms with E-state index in [1.165, 1.54) is 0 Å². The minimum absolute atomic E-state index is 0.129. The number of carbonyl (C=O) groups excluding carboxylic acids is 1. The molecule has 0 aliphatic rings. The Hall–Kier alpha value is -0.810. The Morgan fingerprint density at radius 1 is 1.20 bits per heavy atom. The molecule has 0 heterocycles. The third-order valence-electron chi connectivity index (χ3n) is 2.94. The number of carbonyl (C=O) groups is 1. The van der Waals surface area contributed by atoms with E-state index in [0.717, 1.165) is 0 Å². The van der Waals surface area contributed by atoms with E-state index in [1.807, 2.05) is 34.6 Å². The lowest BCUT2D eigenvalue weighted by Crippen LogP contribution is -2.48.